The SMILES string of the molecule is C1=Cc2ncccc2Cc2cccnc21. The van der Waals surface area contributed by atoms with Crippen LogP contribution in [0.25, 0.3) is 12.2 Å². The van der Waals surface area contributed by atoms with Gasteiger partial charge in [0.05, 0.1) is 11.4 Å². The second-order valence-electron chi connectivity index (χ2n) is 3.61. The molecule has 2 heterocycles. The number of nitrogens with zero attached hydrogens (tertiary/aromatic N) is 2. The number of hydrogen-bond donors (Lipinski definition) is 0. The van der Waals surface area contributed by atoms with E-state index in [1.807, 2.05) is 36.7 Å². The van der Waals surface area contributed by atoms with Gasteiger partial charge in [-0.2, -0.15) is 0 Å². The Hall–Kier alpha value is -1.96. The highest BCUT2D eigenvalue weighted by atomic mass is 14.7. The van der Waals surface area contributed by atoms with Crippen molar-refractivity contribution in [2.24, 2.45) is 0 Å². The molecule has 0 amide bonds. The molecule has 0 aromatic carbocycles. The smallest absolute Gasteiger partial charge is 0.0665 e. The average molecular weight is 194 g/mol. The molecule has 2 nitrogen and oxygen atoms in total. The second kappa shape index (κ2) is 3.31. The third-order valence-electron chi connectivity index (χ3n) is 2.63. The van der Waals surface area contributed by atoms with Crippen LogP contribution in [0.15, 0.2) is 36.7 Å². The van der Waals surface area contributed by atoms with Crippen LogP contribution in [0.3, 0.4) is 0 Å². The van der Waals surface area contributed by atoms with E-state index in [2.05, 4.69) is 22.1 Å². The zero-order valence-corrected chi connectivity index (χ0v) is 8.22. The van der Waals surface area contributed by atoms with Crippen LogP contribution in [-0.4, -0.2) is 9.97 Å². The summed E-state index contributed by atoms with van der Waals surface area (Å²) in [6.07, 6.45) is 8.64. The standard InChI is InChI=1S/C13H10N2/c1-3-10-9-11-4-2-8-15-13(11)6-5-12(10)14-7-1/h1-8H,9H2. The van der Waals surface area contributed by atoms with E-state index in [-0.39, 0.29) is 0 Å². The molecule has 0 radical (unpaired) electrons. The van der Waals surface area contributed by atoms with Gasteiger partial charge in [-0.25, -0.2) is 0 Å². The molecule has 0 atom stereocenters. The first-order valence-corrected chi connectivity index (χ1v) is 4.99. The molecule has 15 heavy (non-hydrogen) atoms. The molecule has 2 aromatic rings. The highest BCUT2D eigenvalue weighted by molar-refractivity contribution is 5.71. The van der Waals surface area contributed by atoms with Crippen molar-refractivity contribution in [1.82, 2.24) is 9.97 Å². The Bertz CT molecular complexity index is 482. The fraction of sp³-hybridized carbons (Fsp3) is 0.0769. The van der Waals surface area contributed by atoms with Gasteiger partial charge in [-0.1, -0.05) is 12.1 Å². The molecule has 0 fully saturated rings. The summed E-state index contributed by atoms with van der Waals surface area (Å²) in [5, 5.41) is 0. The fourth-order valence-corrected chi connectivity index (χ4v) is 1.86. The van der Waals surface area contributed by atoms with E-state index in [0.717, 1.165) is 17.8 Å². The Morgan fingerprint density at radius 3 is 1.87 bits per heavy atom. The van der Waals surface area contributed by atoms with Crippen molar-refractivity contribution in [3.05, 3.63) is 59.2 Å². The van der Waals surface area contributed by atoms with Crippen molar-refractivity contribution in [3.63, 3.8) is 0 Å². The molecule has 2 aromatic heterocycles. The zero-order valence-electron chi connectivity index (χ0n) is 8.22. The van der Waals surface area contributed by atoms with Crippen LogP contribution in [0.5, 0.6) is 0 Å². The van der Waals surface area contributed by atoms with Crippen molar-refractivity contribution < 1.29 is 0 Å². The minimum atomic E-state index is 0.916. The second-order valence-corrected chi connectivity index (χ2v) is 3.61. The molecule has 0 saturated carbocycles. The van der Waals surface area contributed by atoms with Crippen LogP contribution < -0.4 is 0 Å². The largest absolute Gasteiger partial charge is 0.257 e. The van der Waals surface area contributed by atoms with Gasteiger partial charge in [-0.3, -0.25) is 9.97 Å². The fourth-order valence-electron chi connectivity index (χ4n) is 1.86. The molecular weight excluding hydrogens is 184 g/mol. The van der Waals surface area contributed by atoms with Crippen LogP contribution in [0, 0.1) is 0 Å². The average Bonchev–Trinajstić information content (AvgIpc) is 2.48. The molecule has 0 bridgehead atoms. The third-order valence-corrected chi connectivity index (χ3v) is 2.63. The molecule has 72 valence electrons. The van der Waals surface area contributed by atoms with Gasteiger partial charge in [0, 0.05) is 18.8 Å². The first-order chi connectivity index (χ1) is 7.43. The van der Waals surface area contributed by atoms with Crippen LogP contribution >= 0.6 is 0 Å². The Labute approximate surface area is 88.3 Å². The predicted molar refractivity (Wildman–Crippen MR) is 60.2 cm³/mol. The monoisotopic (exact) mass is 194 g/mol. The summed E-state index contributed by atoms with van der Waals surface area (Å²) in [6.45, 7) is 0. The Balaban J connectivity index is 2.19. The lowest BCUT2D eigenvalue weighted by atomic mass is 10.1. The highest BCUT2D eigenvalue weighted by Crippen LogP contribution is 2.21. The van der Waals surface area contributed by atoms with E-state index in [4.69, 9.17) is 0 Å². The molecule has 3 rings (SSSR count). The molecule has 2 heteroatoms. The molecule has 0 aliphatic heterocycles. The maximum absolute atomic E-state index is 4.35. The summed E-state index contributed by atoms with van der Waals surface area (Å²) in [5.74, 6) is 0. The number of pyridine rings is 2. The van der Waals surface area contributed by atoms with Crippen LogP contribution in [0.4, 0.5) is 0 Å². The van der Waals surface area contributed by atoms with Crippen LogP contribution in [-0.2, 0) is 6.42 Å². The first-order valence-electron chi connectivity index (χ1n) is 4.99. The lowest BCUT2D eigenvalue weighted by Crippen LogP contribution is -1.94. The van der Waals surface area contributed by atoms with Crippen molar-refractivity contribution in [1.29, 1.82) is 0 Å². The molecule has 1 aliphatic carbocycles. The van der Waals surface area contributed by atoms with E-state index in [1.165, 1.54) is 11.1 Å². The summed E-state index contributed by atoms with van der Waals surface area (Å²) < 4.78 is 0. The summed E-state index contributed by atoms with van der Waals surface area (Å²) in [4.78, 5) is 8.70. The molecule has 0 saturated heterocycles. The lowest BCUT2D eigenvalue weighted by molar-refractivity contribution is 1.10. The first kappa shape index (κ1) is 8.36. The van der Waals surface area contributed by atoms with Gasteiger partial charge in [0.1, 0.15) is 0 Å². The minimum absolute atomic E-state index is 0.916. The summed E-state index contributed by atoms with van der Waals surface area (Å²) in [5.41, 5.74) is 4.63. The molecule has 0 N–H and O–H groups in total. The van der Waals surface area contributed by atoms with E-state index in [9.17, 15) is 0 Å². The van der Waals surface area contributed by atoms with Crippen molar-refractivity contribution in [2.75, 3.05) is 0 Å². The normalized spacial score (nSPS) is 12.8. The molecular formula is C13H10N2. The summed E-state index contributed by atoms with van der Waals surface area (Å²) in [7, 11) is 0. The number of rotatable bonds is 0. The van der Waals surface area contributed by atoms with Gasteiger partial charge in [0.2, 0.25) is 0 Å². The highest BCUT2D eigenvalue weighted by Gasteiger charge is 2.09. The maximum atomic E-state index is 4.35. The van der Waals surface area contributed by atoms with Crippen molar-refractivity contribution >= 4 is 12.2 Å². The molecule has 1 aliphatic rings. The summed E-state index contributed by atoms with van der Waals surface area (Å²) in [6, 6.07) is 8.20. The van der Waals surface area contributed by atoms with E-state index in [0.29, 0.717) is 0 Å². The topological polar surface area (TPSA) is 25.8 Å². The predicted octanol–water partition coefficient (Wildman–Crippen LogP) is 2.55. The summed E-state index contributed by atoms with van der Waals surface area (Å²) >= 11 is 0. The van der Waals surface area contributed by atoms with Crippen molar-refractivity contribution in [3.8, 4) is 0 Å². The Kier molecular flexibility index (Phi) is 1.85. The van der Waals surface area contributed by atoms with Gasteiger partial charge in [-0.15, -0.1) is 0 Å². The van der Waals surface area contributed by atoms with E-state index in [1.54, 1.807) is 0 Å². The lowest BCUT2D eigenvalue weighted by Gasteiger charge is -2.03. The quantitative estimate of drug-likeness (QED) is 0.549. The minimum Gasteiger partial charge on any atom is -0.257 e. The van der Waals surface area contributed by atoms with Crippen LogP contribution in [0.1, 0.15) is 22.5 Å². The molecule has 0 spiro atoms. The van der Waals surface area contributed by atoms with Gasteiger partial charge in [0.15, 0.2) is 0 Å². The van der Waals surface area contributed by atoms with E-state index >= 15 is 0 Å². The van der Waals surface area contributed by atoms with Gasteiger partial charge in [-0.05, 0) is 35.4 Å². The number of aromatic nitrogens is 2. The number of fused-ring (bicyclic) bond motifs is 2. The molecule has 0 unspecified atom stereocenters. The third kappa shape index (κ3) is 1.44. The van der Waals surface area contributed by atoms with Gasteiger partial charge < -0.3 is 0 Å². The van der Waals surface area contributed by atoms with Crippen LogP contribution in [0.2, 0.25) is 0 Å². The Morgan fingerprint density at radius 1 is 0.800 bits per heavy atom. The maximum Gasteiger partial charge on any atom is 0.0665 e. The van der Waals surface area contributed by atoms with Gasteiger partial charge >= 0.3 is 0 Å². The van der Waals surface area contributed by atoms with E-state index < -0.39 is 0 Å². The van der Waals surface area contributed by atoms with Gasteiger partial charge in [0.25, 0.3) is 0 Å². The number of hydrogen-bond acceptors (Lipinski definition) is 2. The van der Waals surface area contributed by atoms with Crippen molar-refractivity contribution in [2.45, 2.75) is 6.42 Å². The zero-order chi connectivity index (χ0) is 10.1. The Morgan fingerprint density at radius 2 is 1.33 bits per heavy atom.